The third-order valence-electron chi connectivity index (χ3n) is 3.72. The third kappa shape index (κ3) is 1.59. The van der Waals surface area contributed by atoms with Gasteiger partial charge in [-0.15, -0.1) is 0 Å². The van der Waals surface area contributed by atoms with Crippen LogP contribution in [0.15, 0.2) is 12.1 Å². The number of hydrogen-bond donors (Lipinski definition) is 1. The molecule has 1 N–H and O–H groups in total. The monoisotopic (exact) mass is 236 g/mol. The summed E-state index contributed by atoms with van der Waals surface area (Å²) in [6.45, 7) is 0.516. The molecule has 1 saturated carbocycles. The van der Waals surface area contributed by atoms with Gasteiger partial charge in [-0.1, -0.05) is 6.07 Å². The summed E-state index contributed by atoms with van der Waals surface area (Å²) < 4.78 is 19.6. The van der Waals surface area contributed by atoms with Crippen molar-refractivity contribution in [2.75, 3.05) is 6.61 Å². The molecule has 0 radical (unpaired) electrons. The second-order valence-corrected chi connectivity index (χ2v) is 4.85. The van der Waals surface area contributed by atoms with Gasteiger partial charge in [-0.2, -0.15) is 0 Å². The Morgan fingerprint density at radius 3 is 2.88 bits per heavy atom. The summed E-state index contributed by atoms with van der Waals surface area (Å²) >= 11 is 0. The number of carbonyl (C=O) groups is 1. The molecule has 0 atom stereocenters. The number of rotatable bonds is 3. The highest BCUT2D eigenvalue weighted by atomic mass is 19.1. The minimum absolute atomic E-state index is 0.0174. The van der Waals surface area contributed by atoms with Crippen molar-refractivity contribution in [3.8, 4) is 5.75 Å². The van der Waals surface area contributed by atoms with Crippen LogP contribution >= 0.6 is 0 Å². The zero-order valence-electron chi connectivity index (χ0n) is 9.33. The van der Waals surface area contributed by atoms with Gasteiger partial charge in [0.05, 0.1) is 13.0 Å². The van der Waals surface area contributed by atoms with E-state index < -0.39 is 11.4 Å². The summed E-state index contributed by atoms with van der Waals surface area (Å²) in [7, 11) is 0. The topological polar surface area (TPSA) is 46.5 Å². The van der Waals surface area contributed by atoms with E-state index in [1.54, 1.807) is 12.1 Å². The van der Waals surface area contributed by atoms with Crippen molar-refractivity contribution < 1.29 is 19.0 Å². The molecule has 0 amide bonds. The average Bonchev–Trinajstić information content (AvgIpc) is 2.87. The van der Waals surface area contributed by atoms with Gasteiger partial charge in [0.15, 0.2) is 0 Å². The molecule has 17 heavy (non-hydrogen) atoms. The summed E-state index contributed by atoms with van der Waals surface area (Å²) in [6, 6.07) is 3.46. The van der Waals surface area contributed by atoms with Crippen LogP contribution in [0.4, 0.5) is 4.39 Å². The van der Waals surface area contributed by atoms with Crippen molar-refractivity contribution in [3.63, 3.8) is 0 Å². The molecule has 3 rings (SSSR count). The van der Waals surface area contributed by atoms with Gasteiger partial charge in [0.2, 0.25) is 0 Å². The molecule has 1 aliphatic heterocycles. The van der Waals surface area contributed by atoms with E-state index in [2.05, 4.69) is 0 Å². The van der Waals surface area contributed by atoms with Crippen molar-refractivity contribution >= 4 is 5.97 Å². The van der Waals surface area contributed by atoms with E-state index in [1.807, 2.05) is 0 Å². The molecule has 3 nitrogen and oxygen atoms in total. The van der Waals surface area contributed by atoms with Gasteiger partial charge >= 0.3 is 5.97 Å². The maximum absolute atomic E-state index is 14.3. The van der Waals surface area contributed by atoms with Crippen LogP contribution in [0.1, 0.15) is 30.4 Å². The smallest absolute Gasteiger partial charge is 0.304 e. The largest absolute Gasteiger partial charge is 0.493 e. The number of carboxylic acids is 1. The molecular formula is C13H13FO3. The first-order valence-electron chi connectivity index (χ1n) is 5.79. The van der Waals surface area contributed by atoms with E-state index >= 15 is 0 Å². The molecule has 4 heteroatoms. The Bertz CT molecular complexity index is 492. The molecule has 0 saturated heterocycles. The summed E-state index contributed by atoms with van der Waals surface area (Å²) in [5.41, 5.74) is 0.705. The molecule has 0 unspecified atom stereocenters. The maximum atomic E-state index is 14.3. The van der Waals surface area contributed by atoms with Gasteiger partial charge in [0.25, 0.3) is 0 Å². The molecule has 1 aromatic rings. The lowest BCUT2D eigenvalue weighted by Gasteiger charge is -2.15. The van der Waals surface area contributed by atoms with Gasteiger partial charge in [-0.25, -0.2) is 4.39 Å². The number of fused-ring (bicyclic) bond motifs is 1. The molecule has 1 fully saturated rings. The fraction of sp³-hybridized carbons (Fsp3) is 0.462. The Morgan fingerprint density at radius 1 is 1.47 bits per heavy atom. The van der Waals surface area contributed by atoms with Crippen LogP contribution in [0.25, 0.3) is 0 Å². The summed E-state index contributed by atoms with van der Waals surface area (Å²) in [5.74, 6) is -0.505. The minimum Gasteiger partial charge on any atom is -0.493 e. The number of halogens is 1. The van der Waals surface area contributed by atoms with E-state index in [1.165, 1.54) is 0 Å². The Balaban J connectivity index is 2.02. The van der Waals surface area contributed by atoms with E-state index in [0.717, 1.165) is 12.8 Å². The molecule has 2 aliphatic rings. The number of hydrogen-bond acceptors (Lipinski definition) is 2. The lowest BCUT2D eigenvalue weighted by Crippen LogP contribution is -2.15. The summed E-state index contributed by atoms with van der Waals surface area (Å²) in [4.78, 5) is 10.8. The predicted octanol–water partition coefficient (Wildman–Crippen LogP) is 2.27. The normalized spacial score (nSPS) is 19.6. The van der Waals surface area contributed by atoms with Crippen LogP contribution in [-0.2, 0) is 16.6 Å². The van der Waals surface area contributed by atoms with Crippen LogP contribution in [0, 0.1) is 5.82 Å². The van der Waals surface area contributed by atoms with E-state index in [0.29, 0.717) is 29.9 Å². The Labute approximate surface area is 98.2 Å². The maximum Gasteiger partial charge on any atom is 0.304 e. The van der Waals surface area contributed by atoms with E-state index in [-0.39, 0.29) is 12.2 Å². The molecule has 0 bridgehead atoms. The van der Waals surface area contributed by atoms with Gasteiger partial charge in [-0.05, 0) is 24.5 Å². The highest BCUT2D eigenvalue weighted by Gasteiger charge is 2.48. The number of ether oxygens (including phenoxy) is 1. The van der Waals surface area contributed by atoms with Crippen molar-refractivity contribution in [1.29, 1.82) is 0 Å². The first-order chi connectivity index (χ1) is 8.12. The molecular weight excluding hydrogens is 223 g/mol. The predicted molar refractivity (Wildman–Crippen MR) is 58.8 cm³/mol. The highest BCUT2D eigenvalue weighted by molar-refractivity contribution is 5.70. The second kappa shape index (κ2) is 3.45. The van der Waals surface area contributed by atoms with Gasteiger partial charge in [0, 0.05) is 17.4 Å². The number of benzene rings is 1. The molecule has 0 spiro atoms. The highest BCUT2D eigenvalue weighted by Crippen LogP contribution is 2.53. The number of carboxylic acid groups (broad SMARTS) is 1. The van der Waals surface area contributed by atoms with Crippen LogP contribution in [-0.4, -0.2) is 17.7 Å². The second-order valence-electron chi connectivity index (χ2n) is 4.85. The first-order valence-corrected chi connectivity index (χ1v) is 5.79. The average molecular weight is 236 g/mol. The molecule has 90 valence electrons. The van der Waals surface area contributed by atoms with E-state index in [9.17, 15) is 9.18 Å². The van der Waals surface area contributed by atoms with Crippen molar-refractivity contribution in [2.45, 2.75) is 31.1 Å². The summed E-state index contributed by atoms with van der Waals surface area (Å²) in [6.07, 6.45) is 2.12. The first kappa shape index (κ1) is 10.6. The van der Waals surface area contributed by atoms with Gasteiger partial charge in [-0.3, -0.25) is 4.79 Å². The van der Waals surface area contributed by atoms with Crippen LogP contribution in [0.5, 0.6) is 5.75 Å². The van der Waals surface area contributed by atoms with Crippen LogP contribution in [0.2, 0.25) is 0 Å². The van der Waals surface area contributed by atoms with E-state index in [4.69, 9.17) is 9.84 Å². The van der Waals surface area contributed by atoms with Crippen LogP contribution < -0.4 is 4.74 Å². The Kier molecular flexibility index (Phi) is 2.15. The lowest BCUT2D eigenvalue weighted by molar-refractivity contribution is -0.137. The quantitative estimate of drug-likeness (QED) is 0.875. The van der Waals surface area contributed by atoms with Crippen LogP contribution in [0.3, 0.4) is 0 Å². The molecule has 1 heterocycles. The SMILES string of the molecule is O=C(O)CC1(c2ccc3c(c2F)CCO3)CC1. The van der Waals surface area contributed by atoms with Crippen molar-refractivity contribution in [1.82, 2.24) is 0 Å². The summed E-state index contributed by atoms with van der Waals surface area (Å²) in [5, 5.41) is 8.89. The zero-order valence-corrected chi connectivity index (χ0v) is 9.33. The van der Waals surface area contributed by atoms with Crippen molar-refractivity contribution in [2.24, 2.45) is 0 Å². The molecule has 1 aromatic carbocycles. The zero-order chi connectivity index (χ0) is 12.0. The number of aliphatic carboxylic acids is 1. The van der Waals surface area contributed by atoms with Crippen molar-refractivity contribution in [3.05, 3.63) is 29.1 Å². The fourth-order valence-corrected chi connectivity index (χ4v) is 2.63. The standard InChI is InChI=1S/C13H13FO3/c14-12-8-3-6-17-10(8)2-1-9(12)13(4-5-13)7-11(15)16/h1-2H,3-7H2,(H,15,16). The van der Waals surface area contributed by atoms with Gasteiger partial charge in [0.1, 0.15) is 11.6 Å². The Hall–Kier alpha value is -1.58. The molecule has 0 aromatic heterocycles. The Morgan fingerprint density at radius 2 is 2.24 bits per heavy atom. The fourth-order valence-electron chi connectivity index (χ4n) is 2.63. The molecule has 1 aliphatic carbocycles. The minimum atomic E-state index is -0.862. The third-order valence-corrected chi connectivity index (χ3v) is 3.72. The van der Waals surface area contributed by atoms with Gasteiger partial charge < -0.3 is 9.84 Å². The lowest BCUT2D eigenvalue weighted by atomic mass is 9.90.